The summed E-state index contributed by atoms with van der Waals surface area (Å²) in [5.41, 5.74) is 0.156. The van der Waals surface area contributed by atoms with Crippen molar-refractivity contribution in [2.45, 2.75) is 6.92 Å². The van der Waals surface area contributed by atoms with E-state index >= 15 is 0 Å². The molecule has 1 N–H and O–H groups in total. The molecule has 0 bridgehead atoms. The molecule has 0 aliphatic carbocycles. The third-order valence-electron chi connectivity index (χ3n) is 1.81. The summed E-state index contributed by atoms with van der Waals surface area (Å²) in [5, 5.41) is 12.5. The summed E-state index contributed by atoms with van der Waals surface area (Å²) >= 11 is 0. The molecular weight excluding hydrogens is 226 g/mol. The molecule has 0 saturated carbocycles. The van der Waals surface area contributed by atoms with Crippen molar-refractivity contribution in [1.82, 2.24) is 10.3 Å². The van der Waals surface area contributed by atoms with Gasteiger partial charge in [-0.25, -0.2) is 0 Å². The predicted octanol–water partition coefficient (Wildman–Crippen LogP) is 0.822. The van der Waals surface area contributed by atoms with Gasteiger partial charge in [0.05, 0.1) is 5.56 Å². The SMILES string of the molecule is C=C(C)C(=O)NC(=O)c1ccnc([N+](=O)[O-])c1. The van der Waals surface area contributed by atoms with E-state index in [9.17, 15) is 19.7 Å². The Labute approximate surface area is 96.3 Å². The van der Waals surface area contributed by atoms with Crippen LogP contribution in [0.15, 0.2) is 30.5 Å². The van der Waals surface area contributed by atoms with Crippen LogP contribution in [0.2, 0.25) is 0 Å². The van der Waals surface area contributed by atoms with Crippen LogP contribution in [0.1, 0.15) is 17.3 Å². The van der Waals surface area contributed by atoms with Crippen LogP contribution in [-0.2, 0) is 4.79 Å². The number of nitro groups is 1. The molecule has 0 fully saturated rings. The summed E-state index contributed by atoms with van der Waals surface area (Å²) in [6.07, 6.45) is 1.12. The van der Waals surface area contributed by atoms with E-state index in [1.807, 2.05) is 5.32 Å². The van der Waals surface area contributed by atoms with Crippen LogP contribution in [0.4, 0.5) is 5.82 Å². The van der Waals surface area contributed by atoms with Crippen LogP contribution >= 0.6 is 0 Å². The van der Waals surface area contributed by atoms with Crippen molar-refractivity contribution in [3.8, 4) is 0 Å². The summed E-state index contributed by atoms with van der Waals surface area (Å²) in [6, 6.07) is 2.26. The third kappa shape index (κ3) is 3.20. The standard InChI is InChI=1S/C10H9N3O4/c1-6(2)9(14)12-10(15)7-3-4-11-8(5-7)13(16)17/h3-5H,1H2,2H3,(H,12,14,15). The summed E-state index contributed by atoms with van der Waals surface area (Å²) in [7, 11) is 0. The fourth-order valence-electron chi connectivity index (χ4n) is 0.941. The predicted molar refractivity (Wildman–Crippen MR) is 58.2 cm³/mol. The van der Waals surface area contributed by atoms with Gasteiger partial charge in [-0.3, -0.25) is 14.9 Å². The van der Waals surface area contributed by atoms with Gasteiger partial charge in [-0.15, -0.1) is 0 Å². The molecule has 2 amide bonds. The van der Waals surface area contributed by atoms with Gasteiger partial charge < -0.3 is 10.1 Å². The Morgan fingerprint density at radius 3 is 2.71 bits per heavy atom. The van der Waals surface area contributed by atoms with Crippen LogP contribution in [0.5, 0.6) is 0 Å². The number of hydrogen-bond acceptors (Lipinski definition) is 5. The molecule has 0 aliphatic heterocycles. The molecular formula is C10H9N3O4. The van der Waals surface area contributed by atoms with Crippen molar-refractivity contribution in [3.05, 3.63) is 46.2 Å². The molecule has 1 heterocycles. The molecule has 88 valence electrons. The zero-order chi connectivity index (χ0) is 13.0. The van der Waals surface area contributed by atoms with Crippen LogP contribution in [0, 0.1) is 10.1 Å². The number of imide groups is 1. The average Bonchev–Trinajstić information content (AvgIpc) is 2.28. The van der Waals surface area contributed by atoms with Crippen LogP contribution < -0.4 is 5.32 Å². The lowest BCUT2D eigenvalue weighted by Gasteiger charge is -2.02. The first kappa shape index (κ1) is 12.5. The molecule has 7 nitrogen and oxygen atoms in total. The van der Waals surface area contributed by atoms with E-state index in [-0.39, 0.29) is 11.1 Å². The van der Waals surface area contributed by atoms with Crippen LogP contribution in [0.25, 0.3) is 0 Å². The van der Waals surface area contributed by atoms with Gasteiger partial charge >= 0.3 is 5.82 Å². The summed E-state index contributed by atoms with van der Waals surface area (Å²) in [5.74, 6) is -1.82. The maximum atomic E-state index is 11.5. The average molecular weight is 235 g/mol. The molecule has 0 aromatic carbocycles. The number of nitrogens with one attached hydrogen (secondary N) is 1. The topological polar surface area (TPSA) is 102 Å². The molecule has 7 heteroatoms. The molecule has 0 saturated heterocycles. The van der Waals surface area contributed by atoms with Gasteiger partial charge in [-0.05, 0) is 22.9 Å². The Balaban J connectivity index is 2.90. The van der Waals surface area contributed by atoms with Crippen molar-refractivity contribution in [3.63, 3.8) is 0 Å². The summed E-state index contributed by atoms with van der Waals surface area (Å²) in [6.45, 7) is 4.80. The van der Waals surface area contributed by atoms with Crippen LogP contribution in [0.3, 0.4) is 0 Å². The minimum Gasteiger partial charge on any atom is -0.358 e. The highest BCUT2D eigenvalue weighted by molar-refractivity contribution is 6.09. The third-order valence-corrected chi connectivity index (χ3v) is 1.81. The Kier molecular flexibility index (Phi) is 3.66. The van der Waals surface area contributed by atoms with Gasteiger partial charge in [0, 0.05) is 11.6 Å². The highest BCUT2D eigenvalue weighted by Crippen LogP contribution is 2.09. The lowest BCUT2D eigenvalue weighted by atomic mass is 10.2. The van der Waals surface area contributed by atoms with Crippen LogP contribution in [-0.4, -0.2) is 21.7 Å². The monoisotopic (exact) mass is 235 g/mol. The van der Waals surface area contributed by atoms with Gasteiger partial charge in [0.25, 0.3) is 11.8 Å². The summed E-state index contributed by atoms with van der Waals surface area (Å²) in [4.78, 5) is 35.8. The van der Waals surface area contributed by atoms with Crippen molar-refractivity contribution < 1.29 is 14.5 Å². The van der Waals surface area contributed by atoms with Gasteiger partial charge in [0.15, 0.2) is 0 Å². The Bertz CT molecular complexity index is 510. The second-order valence-corrected chi connectivity index (χ2v) is 3.22. The smallest absolute Gasteiger partial charge is 0.358 e. The van der Waals surface area contributed by atoms with Gasteiger partial charge in [0.2, 0.25) is 0 Å². The Morgan fingerprint density at radius 2 is 2.18 bits per heavy atom. The maximum absolute atomic E-state index is 11.5. The maximum Gasteiger partial charge on any atom is 0.364 e. The number of aromatic nitrogens is 1. The molecule has 0 radical (unpaired) electrons. The first-order valence-electron chi connectivity index (χ1n) is 4.53. The fourth-order valence-corrected chi connectivity index (χ4v) is 0.941. The minimum atomic E-state index is -0.733. The zero-order valence-corrected chi connectivity index (χ0v) is 8.97. The Morgan fingerprint density at radius 1 is 1.53 bits per heavy atom. The first-order chi connectivity index (χ1) is 7.91. The van der Waals surface area contributed by atoms with Crippen molar-refractivity contribution >= 4 is 17.6 Å². The van der Waals surface area contributed by atoms with Gasteiger partial charge in [0.1, 0.15) is 6.20 Å². The van der Waals surface area contributed by atoms with E-state index in [4.69, 9.17) is 0 Å². The number of nitrogens with zero attached hydrogens (tertiary/aromatic N) is 2. The molecule has 0 unspecified atom stereocenters. The second-order valence-electron chi connectivity index (χ2n) is 3.22. The quantitative estimate of drug-likeness (QED) is 0.474. The van der Waals surface area contributed by atoms with E-state index in [1.165, 1.54) is 13.0 Å². The van der Waals surface area contributed by atoms with E-state index in [0.717, 1.165) is 12.3 Å². The molecule has 0 aliphatic rings. The van der Waals surface area contributed by atoms with Gasteiger partial charge in [-0.1, -0.05) is 6.58 Å². The van der Waals surface area contributed by atoms with E-state index in [2.05, 4.69) is 11.6 Å². The number of pyridine rings is 1. The number of rotatable bonds is 3. The first-order valence-corrected chi connectivity index (χ1v) is 4.53. The van der Waals surface area contributed by atoms with Crippen molar-refractivity contribution in [2.24, 2.45) is 0 Å². The molecule has 1 aromatic heterocycles. The zero-order valence-electron chi connectivity index (χ0n) is 8.97. The van der Waals surface area contributed by atoms with Crippen molar-refractivity contribution in [1.29, 1.82) is 0 Å². The van der Waals surface area contributed by atoms with Crippen molar-refractivity contribution in [2.75, 3.05) is 0 Å². The minimum absolute atomic E-state index is 0.0127. The lowest BCUT2D eigenvalue weighted by molar-refractivity contribution is -0.389. The van der Waals surface area contributed by atoms with E-state index < -0.39 is 22.6 Å². The number of carbonyl (C=O) groups is 2. The highest BCUT2D eigenvalue weighted by atomic mass is 16.6. The molecule has 1 rings (SSSR count). The van der Waals surface area contributed by atoms with Gasteiger partial charge in [-0.2, -0.15) is 0 Å². The molecule has 0 atom stereocenters. The number of carbonyl (C=O) groups excluding carboxylic acids is 2. The molecule has 1 aromatic rings. The second kappa shape index (κ2) is 4.97. The summed E-state index contributed by atoms with van der Waals surface area (Å²) < 4.78 is 0. The van der Waals surface area contributed by atoms with E-state index in [1.54, 1.807) is 0 Å². The number of hydrogen-bond donors (Lipinski definition) is 1. The lowest BCUT2D eigenvalue weighted by Crippen LogP contribution is -2.30. The molecule has 0 spiro atoms. The molecule has 17 heavy (non-hydrogen) atoms. The Hall–Kier alpha value is -2.57. The normalized spacial score (nSPS) is 9.47. The fraction of sp³-hybridized carbons (Fsp3) is 0.100. The highest BCUT2D eigenvalue weighted by Gasteiger charge is 2.15. The van der Waals surface area contributed by atoms with E-state index in [0.29, 0.717) is 0 Å². The number of amides is 2. The largest absolute Gasteiger partial charge is 0.364 e.